The van der Waals surface area contributed by atoms with E-state index in [2.05, 4.69) is 57.6 Å². The van der Waals surface area contributed by atoms with Crippen LogP contribution in [-0.4, -0.2) is 54.0 Å². The van der Waals surface area contributed by atoms with Gasteiger partial charge < -0.3 is 15.3 Å². The van der Waals surface area contributed by atoms with Gasteiger partial charge in [-0.2, -0.15) is 10.2 Å². The van der Waals surface area contributed by atoms with Crippen molar-refractivity contribution in [1.29, 1.82) is 0 Å². The summed E-state index contributed by atoms with van der Waals surface area (Å²) in [5, 5.41) is 23.7. The number of hydrogen-bond donors (Lipinski definition) is 2. The largest absolute Gasteiger partial charge is 0.369 e. The van der Waals surface area contributed by atoms with Crippen molar-refractivity contribution >= 4 is 11.5 Å². The van der Waals surface area contributed by atoms with Gasteiger partial charge in [-0.1, -0.05) is 17.7 Å². The second kappa shape index (κ2) is 8.85. The number of aromatic nitrogens is 5. The molecule has 0 amide bonds. The SMILES string of the molecule is Cc1ccc(-n2nc(C3CCCN(CC4CC4)C3)cc2NC(O)c2cnn3cccnc23)cc1. The average molecular weight is 458 g/mol. The maximum atomic E-state index is 11.1. The Morgan fingerprint density at radius 3 is 2.85 bits per heavy atom. The van der Waals surface area contributed by atoms with Crippen LogP contribution in [0, 0.1) is 12.8 Å². The van der Waals surface area contributed by atoms with E-state index in [9.17, 15) is 5.11 Å². The molecule has 4 heterocycles. The highest BCUT2D eigenvalue weighted by molar-refractivity contribution is 5.53. The van der Waals surface area contributed by atoms with E-state index in [0.29, 0.717) is 17.1 Å². The van der Waals surface area contributed by atoms with Crippen LogP contribution in [0.3, 0.4) is 0 Å². The molecule has 6 rings (SSSR count). The Morgan fingerprint density at radius 1 is 1.18 bits per heavy atom. The number of fused-ring (bicyclic) bond motifs is 1. The lowest BCUT2D eigenvalue weighted by Crippen LogP contribution is -2.35. The molecule has 2 fully saturated rings. The number of aliphatic hydroxyl groups excluding tert-OH is 1. The van der Waals surface area contributed by atoms with Crippen LogP contribution in [0.15, 0.2) is 55.0 Å². The standard InChI is InChI=1S/C26H31N7O/c1-18-5-9-21(10-6-18)33-24(29-26(34)22-15-28-32-13-3-11-27-25(22)32)14-23(30-33)20-4-2-12-31(17-20)16-19-7-8-19/h3,5-6,9-11,13-15,19-20,26,29,34H,2,4,7-8,12,16-17H2,1H3. The molecule has 8 nitrogen and oxygen atoms in total. The Kier molecular flexibility index (Phi) is 5.55. The molecule has 2 aliphatic rings. The summed E-state index contributed by atoms with van der Waals surface area (Å²) in [5.41, 5.74) is 4.51. The van der Waals surface area contributed by atoms with Crippen molar-refractivity contribution in [1.82, 2.24) is 29.3 Å². The Balaban J connectivity index is 1.31. The summed E-state index contributed by atoms with van der Waals surface area (Å²) >= 11 is 0. The van der Waals surface area contributed by atoms with Gasteiger partial charge in [0.1, 0.15) is 5.82 Å². The van der Waals surface area contributed by atoms with Crippen molar-refractivity contribution < 1.29 is 5.11 Å². The zero-order chi connectivity index (χ0) is 23.1. The number of benzene rings is 1. The monoisotopic (exact) mass is 457 g/mol. The number of aryl methyl sites for hydroxylation is 1. The molecule has 0 radical (unpaired) electrons. The molecule has 1 aliphatic carbocycles. The molecular formula is C26H31N7O. The first-order chi connectivity index (χ1) is 16.6. The fraction of sp³-hybridized carbons (Fsp3) is 0.423. The van der Waals surface area contributed by atoms with Gasteiger partial charge in [-0.25, -0.2) is 14.2 Å². The third-order valence-electron chi connectivity index (χ3n) is 7.03. The summed E-state index contributed by atoms with van der Waals surface area (Å²) < 4.78 is 3.58. The Hall–Kier alpha value is -3.23. The summed E-state index contributed by atoms with van der Waals surface area (Å²) in [4.78, 5) is 7.00. The molecule has 2 N–H and O–H groups in total. The average Bonchev–Trinajstić information content (AvgIpc) is 3.40. The van der Waals surface area contributed by atoms with Gasteiger partial charge in [0.05, 0.1) is 23.1 Å². The maximum absolute atomic E-state index is 11.1. The first-order valence-electron chi connectivity index (χ1n) is 12.3. The molecule has 1 aromatic carbocycles. The normalized spacial score (nSPS) is 20.0. The number of piperidine rings is 1. The number of anilines is 1. The molecule has 34 heavy (non-hydrogen) atoms. The van der Waals surface area contributed by atoms with Crippen molar-refractivity contribution in [2.45, 2.75) is 44.8 Å². The van der Waals surface area contributed by atoms with E-state index in [1.54, 1.807) is 16.9 Å². The predicted octanol–water partition coefficient (Wildman–Crippen LogP) is 3.92. The van der Waals surface area contributed by atoms with E-state index in [1.807, 2.05) is 16.9 Å². The first kappa shape index (κ1) is 21.3. The second-order valence-corrected chi connectivity index (χ2v) is 9.78. The minimum Gasteiger partial charge on any atom is -0.369 e. The highest BCUT2D eigenvalue weighted by Crippen LogP contribution is 2.34. The molecule has 1 saturated carbocycles. The number of likely N-dealkylation sites (tertiary alicyclic amines) is 1. The summed E-state index contributed by atoms with van der Waals surface area (Å²) in [6.45, 7) is 5.55. The zero-order valence-electron chi connectivity index (χ0n) is 19.5. The fourth-order valence-corrected chi connectivity index (χ4v) is 4.97. The van der Waals surface area contributed by atoms with Gasteiger partial charge in [0.2, 0.25) is 0 Å². The Labute approximate surface area is 199 Å². The zero-order valence-corrected chi connectivity index (χ0v) is 19.5. The summed E-state index contributed by atoms with van der Waals surface area (Å²) in [6, 6.07) is 12.2. The van der Waals surface area contributed by atoms with Gasteiger partial charge in [0.25, 0.3) is 0 Å². The van der Waals surface area contributed by atoms with Crippen LogP contribution in [-0.2, 0) is 0 Å². The molecular weight excluding hydrogens is 426 g/mol. The molecule has 3 aromatic heterocycles. The molecule has 2 atom stereocenters. The topological polar surface area (TPSA) is 83.5 Å². The van der Waals surface area contributed by atoms with Crippen molar-refractivity contribution in [3.05, 3.63) is 71.8 Å². The fourth-order valence-electron chi connectivity index (χ4n) is 4.97. The van der Waals surface area contributed by atoms with E-state index in [1.165, 1.54) is 37.9 Å². The van der Waals surface area contributed by atoms with Crippen molar-refractivity contribution in [2.24, 2.45) is 5.92 Å². The number of aliphatic hydroxyl groups is 1. The molecule has 1 saturated heterocycles. The third-order valence-corrected chi connectivity index (χ3v) is 7.03. The molecule has 4 aromatic rings. The summed E-state index contributed by atoms with van der Waals surface area (Å²) in [7, 11) is 0. The Bertz CT molecular complexity index is 1270. The van der Waals surface area contributed by atoms with E-state index >= 15 is 0 Å². The van der Waals surface area contributed by atoms with Gasteiger partial charge >= 0.3 is 0 Å². The minimum absolute atomic E-state index is 0.399. The van der Waals surface area contributed by atoms with Crippen molar-refractivity contribution in [3.63, 3.8) is 0 Å². The van der Waals surface area contributed by atoms with E-state index < -0.39 is 6.23 Å². The molecule has 176 valence electrons. The smallest absolute Gasteiger partial charge is 0.162 e. The van der Waals surface area contributed by atoms with Crippen LogP contribution in [0.2, 0.25) is 0 Å². The first-order valence-corrected chi connectivity index (χ1v) is 12.3. The van der Waals surface area contributed by atoms with Crippen molar-refractivity contribution in [2.75, 3.05) is 25.0 Å². The lowest BCUT2D eigenvalue weighted by atomic mass is 9.94. The second-order valence-electron chi connectivity index (χ2n) is 9.78. The summed E-state index contributed by atoms with van der Waals surface area (Å²) in [5.74, 6) is 2.06. The maximum Gasteiger partial charge on any atom is 0.162 e. The minimum atomic E-state index is -0.959. The molecule has 8 heteroatoms. The van der Waals surface area contributed by atoms with Gasteiger partial charge in [-0.3, -0.25) is 0 Å². The van der Waals surface area contributed by atoms with Crippen LogP contribution in [0.5, 0.6) is 0 Å². The summed E-state index contributed by atoms with van der Waals surface area (Å²) in [6.07, 6.45) is 9.34. The van der Waals surface area contributed by atoms with Gasteiger partial charge in [0.15, 0.2) is 11.9 Å². The molecule has 0 bridgehead atoms. The third kappa shape index (κ3) is 4.31. The highest BCUT2D eigenvalue weighted by Gasteiger charge is 2.30. The quantitative estimate of drug-likeness (QED) is 0.410. The number of rotatable bonds is 7. The number of hydrogen-bond acceptors (Lipinski definition) is 6. The van der Waals surface area contributed by atoms with E-state index in [-0.39, 0.29) is 0 Å². The van der Waals surface area contributed by atoms with Gasteiger partial charge in [-0.05, 0) is 63.3 Å². The lowest BCUT2D eigenvalue weighted by molar-refractivity contribution is 0.198. The molecule has 1 aliphatic heterocycles. The highest BCUT2D eigenvalue weighted by atomic mass is 16.3. The van der Waals surface area contributed by atoms with Gasteiger partial charge in [0, 0.05) is 37.5 Å². The van der Waals surface area contributed by atoms with E-state index in [0.717, 1.165) is 36.1 Å². The number of nitrogens with one attached hydrogen (secondary N) is 1. The predicted molar refractivity (Wildman–Crippen MR) is 131 cm³/mol. The van der Waals surface area contributed by atoms with Crippen molar-refractivity contribution in [3.8, 4) is 5.69 Å². The van der Waals surface area contributed by atoms with Crippen LogP contribution in [0.1, 0.15) is 54.6 Å². The van der Waals surface area contributed by atoms with Crippen LogP contribution >= 0.6 is 0 Å². The molecule has 2 unspecified atom stereocenters. The van der Waals surface area contributed by atoms with Gasteiger partial charge in [-0.15, -0.1) is 0 Å². The molecule has 0 spiro atoms. The van der Waals surface area contributed by atoms with Crippen LogP contribution in [0.4, 0.5) is 5.82 Å². The van der Waals surface area contributed by atoms with E-state index in [4.69, 9.17) is 5.10 Å². The van der Waals surface area contributed by atoms with Crippen LogP contribution < -0.4 is 5.32 Å². The lowest BCUT2D eigenvalue weighted by Gasteiger charge is -2.31. The number of nitrogens with zero attached hydrogens (tertiary/aromatic N) is 6. The Morgan fingerprint density at radius 2 is 2.03 bits per heavy atom. The van der Waals surface area contributed by atoms with Crippen LogP contribution in [0.25, 0.3) is 11.3 Å².